The highest BCUT2D eigenvalue weighted by molar-refractivity contribution is 5.90. The van der Waals surface area contributed by atoms with Crippen molar-refractivity contribution in [2.24, 2.45) is 0 Å². The molecule has 0 aromatic carbocycles. The van der Waals surface area contributed by atoms with Gasteiger partial charge in [-0.3, -0.25) is 4.79 Å². The van der Waals surface area contributed by atoms with Crippen LogP contribution in [0.3, 0.4) is 0 Å². The quantitative estimate of drug-likeness (QED) is 0.0543. The Labute approximate surface area is 284 Å². The summed E-state index contributed by atoms with van der Waals surface area (Å²) >= 11 is 0. The molecule has 0 saturated heterocycles. The molecule has 3 heteroatoms. The van der Waals surface area contributed by atoms with Crippen molar-refractivity contribution in [3.8, 4) is 0 Å². The van der Waals surface area contributed by atoms with Gasteiger partial charge in [-0.05, 0) is 33.4 Å². The van der Waals surface area contributed by atoms with Gasteiger partial charge in [-0.25, -0.2) is 0 Å². The molecule has 0 amide bonds. The molecule has 0 fully saturated rings. The fourth-order valence-electron chi connectivity index (χ4n) is 6.45. The van der Waals surface area contributed by atoms with Crippen LogP contribution in [0.1, 0.15) is 226 Å². The Morgan fingerprint density at radius 2 is 0.733 bits per heavy atom. The number of unbranched alkanes of at least 4 members (excludes halogenated alkanes) is 29. The van der Waals surface area contributed by atoms with Gasteiger partial charge in [0.2, 0.25) is 0 Å². The number of hydrogen-bond donors (Lipinski definition) is 1. The van der Waals surface area contributed by atoms with Crippen molar-refractivity contribution in [2.75, 3.05) is 27.2 Å². The molecular weight excluding hydrogens is 548 g/mol. The second kappa shape index (κ2) is 37.6. The second-order valence-corrected chi connectivity index (χ2v) is 14.6. The maximum Gasteiger partial charge on any atom is 0.157 e. The first kappa shape index (κ1) is 44.2. The zero-order valence-corrected chi connectivity index (χ0v) is 31.7. The highest BCUT2D eigenvalue weighted by Crippen LogP contribution is 2.16. The molecule has 0 radical (unpaired) electrons. The van der Waals surface area contributed by atoms with Crippen molar-refractivity contribution >= 4 is 5.78 Å². The van der Waals surface area contributed by atoms with E-state index in [0.717, 1.165) is 32.4 Å². The minimum absolute atomic E-state index is 0.326. The SMILES string of the molecule is CCCCCCCCCCCCCCCCCCCCC/C(=C/C(=O)CCCCCCCCCCCCCC)NCCN(C)C. The molecule has 0 rings (SSSR count). The molecule has 0 aromatic heterocycles. The molecule has 0 spiro atoms. The molecular formula is C42H84N2O. The summed E-state index contributed by atoms with van der Waals surface area (Å²) in [6.45, 7) is 6.51. The van der Waals surface area contributed by atoms with Crippen molar-refractivity contribution in [1.29, 1.82) is 0 Å². The zero-order valence-electron chi connectivity index (χ0n) is 31.7. The number of likely N-dealkylation sites (N-methyl/N-ethyl adjacent to an activating group) is 1. The Kier molecular flexibility index (Phi) is 36.9. The molecule has 0 atom stereocenters. The highest BCUT2D eigenvalue weighted by Gasteiger charge is 2.04. The van der Waals surface area contributed by atoms with Crippen molar-refractivity contribution < 1.29 is 4.79 Å². The number of allylic oxidation sites excluding steroid dienone is 2. The van der Waals surface area contributed by atoms with Crippen LogP contribution >= 0.6 is 0 Å². The average Bonchev–Trinajstić information content (AvgIpc) is 3.02. The summed E-state index contributed by atoms with van der Waals surface area (Å²) in [6, 6.07) is 0. The summed E-state index contributed by atoms with van der Waals surface area (Å²) in [5.41, 5.74) is 1.17. The van der Waals surface area contributed by atoms with Gasteiger partial charge in [0, 0.05) is 31.3 Å². The van der Waals surface area contributed by atoms with Gasteiger partial charge in [0.05, 0.1) is 0 Å². The Bertz CT molecular complexity index is 614. The van der Waals surface area contributed by atoms with Crippen LogP contribution in [-0.4, -0.2) is 37.9 Å². The Balaban J connectivity index is 3.80. The van der Waals surface area contributed by atoms with E-state index in [2.05, 4.69) is 38.2 Å². The van der Waals surface area contributed by atoms with Gasteiger partial charge in [0.15, 0.2) is 5.78 Å². The first-order valence-electron chi connectivity index (χ1n) is 20.7. The predicted molar refractivity (Wildman–Crippen MR) is 203 cm³/mol. The molecule has 0 saturated carbocycles. The third kappa shape index (κ3) is 37.5. The lowest BCUT2D eigenvalue weighted by Crippen LogP contribution is -2.26. The van der Waals surface area contributed by atoms with E-state index in [1.165, 1.54) is 198 Å². The lowest BCUT2D eigenvalue weighted by atomic mass is 10.0. The van der Waals surface area contributed by atoms with Gasteiger partial charge in [0.25, 0.3) is 0 Å². The van der Waals surface area contributed by atoms with Crippen LogP contribution in [-0.2, 0) is 4.79 Å². The largest absolute Gasteiger partial charge is 0.387 e. The molecule has 268 valence electrons. The maximum atomic E-state index is 12.7. The van der Waals surface area contributed by atoms with Gasteiger partial charge in [0.1, 0.15) is 0 Å². The summed E-state index contributed by atoms with van der Waals surface area (Å²) < 4.78 is 0. The monoisotopic (exact) mass is 633 g/mol. The van der Waals surface area contributed by atoms with Crippen LogP contribution in [0, 0.1) is 0 Å². The Morgan fingerprint density at radius 1 is 0.444 bits per heavy atom. The van der Waals surface area contributed by atoms with Gasteiger partial charge in [-0.1, -0.05) is 200 Å². The molecule has 0 aliphatic rings. The molecule has 0 heterocycles. The van der Waals surface area contributed by atoms with E-state index in [0.29, 0.717) is 5.78 Å². The summed E-state index contributed by atoms with van der Waals surface area (Å²) in [5, 5.41) is 3.59. The van der Waals surface area contributed by atoms with E-state index in [9.17, 15) is 4.79 Å². The van der Waals surface area contributed by atoms with E-state index in [1.807, 2.05) is 6.08 Å². The second-order valence-electron chi connectivity index (χ2n) is 14.6. The van der Waals surface area contributed by atoms with Crippen LogP contribution in [0.15, 0.2) is 11.8 Å². The molecule has 3 nitrogen and oxygen atoms in total. The molecule has 0 aromatic rings. The van der Waals surface area contributed by atoms with Crippen molar-refractivity contribution in [2.45, 2.75) is 226 Å². The minimum Gasteiger partial charge on any atom is -0.387 e. The van der Waals surface area contributed by atoms with Gasteiger partial charge in [-0.15, -0.1) is 0 Å². The number of carbonyl (C=O) groups is 1. The maximum absolute atomic E-state index is 12.7. The molecule has 45 heavy (non-hydrogen) atoms. The van der Waals surface area contributed by atoms with Crippen LogP contribution in [0.2, 0.25) is 0 Å². The zero-order chi connectivity index (χ0) is 32.9. The smallest absolute Gasteiger partial charge is 0.157 e. The van der Waals surface area contributed by atoms with Gasteiger partial charge < -0.3 is 10.2 Å². The summed E-state index contributed by atoms with van der Waals surface area (Å²) in [5.74, 6) is 0.326. The molecule has 1 N–H and O–H groups in total. The molecule has 0 bridgehead atoms. The van der Waals surface area contributed by atoms with Crippen molar-refractivity contribution in [3.63, 3.8) is 0 Å². The number of nitrogens with zero attached hydrogens (tertiary/aromatic N) is 1. The van der Waals surface area contributed by atoms with Gasteiger partial charge in [-0.2, -0.15) is 0 Å². The summed E-state index contributed by atoms with van der Waals surface area (Å²) in [4.78, 5) is 14.9. The first-order chi connectivity index (χ1) is 22.1. The Morgan fingerprint density at radius 3 is 1.04 bits per heavy atom. The van der Waals surface area contributed by atoms with Crippen LogP contribution in [0.5, 0.6) is 0 Å². The predicted octanol–water partition coefficient (Wildman–Crippen LogP) is 13.5. The fraction of sp³-hybridized carbons (Fsp3) is 0.929. The number of nitrogens with one attached hydrogen (secondary N) is 1. The standard InChI is InChI=1S/C42H84N2O/c1-5-7-9-11-13-15-17-19-20-21-22-23-24-25-26-28-30-32-34-36-41(43-38-39-44(3)4)40-42(45)37-35-33-31-29-27-18-16-14-12-10-8-6-2/h40,43H,5-39H2,1-4H3/b41-40-. The number of rotatable bonds is 38. The third-order valence-electron chi connectivity index (χ3n) is 9.57. The number of hydrogen-bond acceptors (Lipinski definition) is 3. The third-order valence-corrected chi connectivity index (χ3v) is 9.57. The fourth-order valence-corrected chi connectivity index (χ4v) is 6.45. The van der Waals surface area contributed by atoms with Crippen LogP contribution in [0.25, 0.3) is 0 Å². The van der Waals surface area contributed by atoms with Crippen molar-refractivity contribution in [3.05, 3.63) is 11.8 Å². The Hall–Kier alpha value is -0.830. The average molecular weight is 633 g/mol. The van der Waals surface area contributed by atoms with Crippen LogP contribution in [0.4, 0.5) is 0 Å². The van der Waals surface area contributed by atoms with E-state index in [1.54, 1.807) is 0 Å². The van der Waals surface area contributed by atoms with Gasteiger partial charge >= 0.3 is 0 Å². The van der Waals surface area contributed by atoms with E-state index in [4.69, 9.17) is 0 Å². The van der Waals surface area contributed by atoms with E-state index >= 15 is 0 Å². The number of carbonyl (C=O) groups excluding carboxylic acids is 1. The number of ketones is 1. The molecule has 0 aliphatic carbocycles. The normalized spacial score (nSPS) is 12.0. The highest BCUT2D eigenvalue weighted by atomic mass is 16.1. The lowest BCUT2D eigenvalue weighted by Gasteiger charge is -2.14. The summed E-state index contributed by atoms with van der Waals surface area (Å²) in [7, 11) is 4.23. The van der Waals surface area contributed by atoms with Crippen molar-refractivity contribution in [1.82, 2.24) is 10.2 Å². The summed E-state index contributed by atoms with van der Waals surface area (Å²) in [6.07, 6.45) is 46.6. The minimum atomic E-state index is 0.326. The molecule has 0 unspecified atom stereocenters. The van der Waals surface area contributed by atoms with Crippen LogP contribution < -0.4 is 5.32 Å². The van der Waals surface area contributed by atoms with E-state index in [-0.39, 0.29) is 0 Å². The lowest BCUT2D eigenvalue weighted by molar-refractivity contribution is -0.114. The first-order valence-corrected chi connectivity index (χ1v) is 20.7. The molecule has 0 aliphatic heterocycles. The topological polar surface area (TPSA) is 32.3 Å². The van der Waals surface area contributed by atoms with E-state index < -0.39 is 0 Å².